The maximum absolute atomic E-state index is 5.62. The van der Waals surface area contributed by atoms with E-state index in [0.717, 1.165) is 46.3 Å². The highest BCUT2D eigenvalue weighted by molar-refractivity contribution is 5.93. The third-order valence-corrected chi connectivity index (χ3v) is 5.11. The van der Waals surface area contributed by atoms with Gasteiger partial charge in [0.05, 0.1) is 28.2 Å². The van der Waals surface area contributed by atoms with Crippen molar-refractivity contribution in [3.63, 3.8) is 0 Å². The highest BCUT2D eigenvalue weighted by Gasteiger charge is 2.29. The molecule has 1 fully saturated rings. The minimum Gasteiger partial charge on any atom is -0.353 e. The number of rotatable bonds is 3. The molecule has 1 aromatic carbocycles. The fourth-order valence-electron chi connectivity index (χ4n) is 3.31. The smallest absolute Gasteiger partial charge is 0.327 e. The van der Waals surface area contributed by atoms with Gasteiger partial charge >= 0.3 is 6.01 Å². The van der Waals surface area contributed by atoms with E-state index in [9.17, 15) is 0 Å². The SMILES string of the molecule is Cc1ccc2c(Nc3nc(C4CC4)no3)noc2c1C#Cc1cnn2cnccc12. The number of benzene rings is 1. The van der Waals surface area contributed by atoms with Gasteiger partial charge in [-0.2, -0.15) is 10.1 Å². The monoisotopic (exact) mass is 397 g/mol. The molecule has 0 aliphatic heterocycles. The van der Waals surface area contributed by atoms with E-state index in [4.69, 9.17) is 9.05 Å². The molecule has 4 aromatic heterocycles. The van der Waals surface area contributed by atoms with Gasteiger partial charge < -0.3 is 9.05 Å². The molecular formula is C21H15N7O2. The van der Waals surface area contributed by atoms with E-state index in [1.54, 1.807) is 23.2 Å². The first-order valence-electron chi connectivity index (χ1n) is 9.55. The van der Waals surface area contributed by atoms with Gasteiger partial charge in [-0.3, -0.25) is 5.32 Å². The van der Waals surface area contributed by atoms with Crippen LogP contribution in [0.3, 0.4) is 0 Å². The first-order valence-corrected chi connectivity index (χ1v) is 9.55. The molecule has 1 N–H and O–H groups in total. The van der Waals surface area contributed by atoms with Crippen molar-refractivity contribution >= 4 is 28.3 Å². The van der Waals surface area contributed by atoms with Crippen LogP contribution in [-0.2, 0) is 0 Å². The van der Waals surface area contributed by atoms with Gasteiger partial charge in [0.15, 0.2) is 17.2 Å². The average molecular weight is 397 g/mol. The Morgan fingerprint density at radius 1 is 1.13 bits per heavy atom. The first-order chi connectivity index (χ1) is 14.8. The van der Waals surface area contributed by atoms with Crippen molar-refractivity contribution in [2.24, 2.45) is 0 Å². The van der Waals surface area contributed by atoms with E-state index in [2.05, 4.69) is 42.5 Å². The lowest BCUT2D eigenvalue weighted by Crippen LogP contribution is -1.92. The second-order valence-electron chi connectivity index (χ2n) is 7.24. The number of hydrogen-bond acceptors (Lipinski definition) is 8. The summed E-state index contributed by atoms with van der Waals surface area (Å²) in [7, 11) is 0. The van der Waals surface area contributed by atoms with Crippen LogP contribution in [0.4, 0.5) is 11.8 Å². The second kappa shape index (κ2) is 6.42. The normalized spacial score (nSPS) is 13.5. The van der Waals surface area contributed by atoms with Crippen LogP contribution in [0.25, 0.3) is 16.5 Å². The van der Waals surface area contributed by atoms with Crippen molar-refractivity contribution in [2.75, 3.05) is 5.32 Å². The van der Waals surface area contributed by atoms with Gasteiger partial charge in [-0.1, -0.05) is 28.2 Å². The predicted octanol–water partition coefficient (Wildman–Crippen LogP) is 3.58. The maximum atomic E-state index is 5.62. The van der Waals surface area contributed by atoms with Crippen molar-refractivity contribution < 1.29 is 9.05 Å². The number of aryl methyl sites for hydroxylation is 1. The lowest BCUT2D eigenvalue weighted by Gasteiger charge is -1.99. The Morgan fingerprint density at radius 3 is 2.97 bits per heavy atom. The van der Waals surface area contributed by atoms with Crippen LogP contribution in [-0.4, -0.2) is 29.9 Å². The first kappa shape index (κ1) is 16.7. The molecule has 0 radical (unpaired) electrons. The molecule has 1 saturated carbocycles. The van der Waals surface area contributed by atoms with Crippen LogP contribution < -0.4 is 5.32 Å². The summed E-state index contributed by atoms with van der Waals surface area (Å²) < 4.78 is 12.6. The number of nitrogens with zero attached hydrogens (tertiary/aromatic N) is 6. The molecule has 0 bridgehead atoms. The van der Waals surface area contributed by atoms with E-state index < -0.39 is 0 Å². The number of fused-ring (bicyclic) bond motifs is 2. The molecular weight excluding hydrogens is 382 g/mol. The van der Waals surface area contributed by atoms with Crippen LogP contribution >= 0.6 is 0 Å². The van der Waals surface area contributed by atoms with Crippen molar-refractivity contribution in [3.8, 4) is 11.8 Å². The summed E-state index contributed by atoms with van der Waals surface area (Å²) >= 11 is 0. The number of anilines is 2. The fourth-order valence-corrected chi connectivity index (χ4v) is 3.31. The Balaban J connectivity index is 1.37. The fraction of sp³-hybridized carbons (Fsp3) is 0.190. The molecule has 5 aromatic rings. The van der Waals surface area contributed by atoms with Crippen LogP contribution in [0.15, 0.2) is 46.0 Å². The van der Waals surface area contributed by atoms with Crippen molar-refractivity contribution in [1.82, 2.24) is 29.9 Å². The standard InChI is InChI=1S/C21H15N7O2/c1-12-2-6-16-18(15(12)7-5-14-10-23-28-11-22-9-8-17(14)28)29-27-20(16)25-21-24-19(26-30-21)13-3-4-13/h2,6,8-11,13H,3-4H2,1H3,(H,24,25,26,27). The molecule has 9 nitrogen and oxygen atoms in total. The highest BCUT2D eigenvalue weighted by atomic mass is 16.5. The molecule has 9 heteroatoms. The number of nitrogens with one attached hydrogen (secondary N) is 1. The van der Waals surface area contributed by atoms with Gasteiger partial charge in [0, 0.05) is 12.1 Å². The Kier molecular flexibility index (Phi) is 3.58. The topological polar surface area (TPSA) is 107 Å². The summed E-state index contributed by atoms with van der Waals surface area (Å²) in [5.74, 6) is 8.07. The van der Waals surface area contributed by atoms with Gasteiger partial charge in [-0.05, 0) is 37.5 Å². The molecule has 0 unspecified atom stereocenters. The third-order valence-electron chi connectivity index (χ3n) is 5.11. The summed E-state index contributed by atoms with van der Waals surface area (Å²) in [6.45, 7) is 1.99. The zero-order valence-electron chi connectivity index (χ0n) is 16.0. The average Bonchev–Trinajstić information content (AvgIpc) is 3.18. The minimum absolute atomic E-state index is 0.306. The molecule has 0 spiro atoms. The van der Waals surface area contributed by atoms with Crippen molar-refractivity contribution in [3.05, 3.63) is 59.4 Å². The lowest BCUT2D eigenvalue weighted by atomic mass is 10.1. The minimum atomic E-state index is 0.306. The molecule has 6 rings (SSSR count). The molecule has 1 aliphatic rings. The van der Waals surface area contributed by atoms with E-state index >= 15 is 0 Å². The Bertz CT molecular complexity index is 1460. The summed E-state index contributed by atoms with van der Waals surface area (Å²) in [5, 5.41) is 16.3. The highest BCUT2D eigenvalue weighted by Crippen LogP contribution is 2.39. The zero-order chi connectivity index (χ0) is 20.1. The third kappa shape index (κ3) is 2.78. The summed E-state index contributed by atoms with van der Waals surface area (Å²) in [5.41, 5.74) is 4.07. The van der Waals surface area contributed by atoms with Gasteiger partial charge in [0.2, 0.25) is 0 Å². The second-order valence-corrected chi connectivity index (χ2v) is 7.24. The summed E-state index contributed by atoms with van der Waals surface area (Å²) in [6.07, 6.45) is 7.30. The zero-order valence-corrected chi connectivity index (χ0v) is 16.0. The number of aromatic nitrogens is 6. The molecule has 30 heavy (non-hydrogen) atoms. The van der Waals surface area contributed by atoms with Gasteiger partial charge in [0.25, 0.3) is 0 Å². The molecule has 0 amide bonds. The van der Waals surface area contributed by atoms with Gasteiger partial charge in [-0.15, -0.1) is 0 Å². The maximum Gasteiger partial charge on any atom is 0.327 e. The largest absolute Gasteiger partial charge is 0.353 e. The van der Waals surface area contributed by atoms with E-state index in [1.165, 1.54) is 0 Å². The molecule has 1 aliphatic carbocycles. The van der Waals surface area contributed by atoms with Crippen LogP contribution in [0.2, 0.25) is 0 Å². The Hall–Kier alpha value is -4.19. The molecule has 0 saturated heterocycles. The molecule has 4 heterocycles. The summed E-state index contributed by atoms with van der Waals surface area (Å²) in [6, 6.07) is 6.10. The van der Waals surface area contributed by atoms with Gasteiger partial charge in [0.1, 0.15) is 6.33 Å². The van der Waals surface area contributed by atoms with Crippen LogP contribution in [0, 0.1) is 18.8 Å². The van der Waals surface area contributed by atoms with E-state index in [-0.39, 0.29) is 0 Å². The Labute approximate surface area is 170 Å². The van der Waals surface area contributed by atoms with Crippen molar-refractivity contribution in [2.45, 2.75) is 25.7 Å². The van der Waals surface area contributed by atoms with Gasteiger partial charge in [-0.25, -0.2) is 9.50 Å². The number of hydrogen-bond donors (Lipinski definition) is 1. The van der Waals surface area contributed by atoms with E-state index in [0.29, 0.717) is 23.3 Å². The van der Waals surface area contributed by atoms with Crippen LogP contribution in [0.1, 0.15) is 41.3 Å². The molecule has 0 atom stereocenters. The van der Waals surface area contributed by atoms with Crippen LogP contribution in [0.5, 0.6) is 0 Å². The molecule has 146 valence electrons. The lowest BCUT2D eigenvalue weighted by molar-refractivity contribution is 0.423. The predicted molar refractivity (Wildman–Crippen MR) is 107 cm³/mol. The summed E-state index contributed by atoms with van der Waals surface area (Å²) in [4.78, 5) is 8.44. The van der Waals surface area contributed by atoms with Crippen molar-refractivity contribution in [1.29, 1.82) is 0 Å². The quantitative estimate of drug-likeness (QED) is 0.460. The Morgan fingerprint density at radius 2 is 2.07 bits per heavy atom. The van der Waals surface area contributed by atoms with E-state index in [1.807, 2.05) is 25.1 Å².